The van der Waals surface area contributed by atoms with Crippen molar-refractivity contribution >= 4 is 21.6 Å². The number of hydrogen-bond acceptors (Lipinski definition) is 7. The third-order valence-corrected chi connectivity index (χ3v) is 6.23. The largest absolute Gasteiger partial charge is 0.488 e. The molecule has 2 aromatic carbocycles. The fourth-order valence-electron chi connectivity index (χ4n) is 2.90. The molecule has 0 aliphatic heterocycles. The predicted molar refractivity (Wildman–Crippen MR) is 119 cm³/mol. The summed E-state index contributed by atoms with van der Waals surface area (Å²) in [4.78, 5) is 12.6. The van der Waals surface area contributed by atoms with Gasteiger partial charge < -0.3 is 19.5 Å². The standard InChI is InChI=1S/C22H24FN3O6S/c1-4-33(28,29)18-5-6-20(19(23)12-18)32-17-10-15(22(27)25-21-7-8-24-26-21)9-16(11-17)31-14(2)13-30-3/h5-12,14H,4,13H2,1-3H3,(H2,24,25,26,27). The number of anilines is 1. The van der Waals surface area contributed by atoms with Gasteiger partial charge in [-0.1, -0.05) is 6.92 Å². The Morgan fingerprint density at radius 3 is 2.58 bits per heavy atom. The van der Waals surface area contributed by atoms with E-state index in [0.29, 0.717) is 18.2 Å². The number of ether oxygens (including phenoxy) is 3. The van der Waals surface area contributed by atoms with Gasteiger partial charge >= 0.3 is 0 Å². The van der Waals surface area contributed by atoms with E-state index in [2.05, 4.69) is 15.5 Å². The van der Waals surface area contributed by atoms with Crippen molar-refractivity contribution in [1.82, 2.24) is 10.2 Å². The van der Waals surface area contributed by atoms with Crippen LogP contribution < -0.4 is 14.8 Å². The molecule has 1 heterocycles. The number of methoxy groups -OCH3 is 1. The number of sulfone groups is 1. The number of carbonyl (C=O) groups excluding carboxylic acids is 1. The van der Waals surface area contributed by atoms with Crippen LogP contribution in [-0.2, 0) is 14.6 Å². The highest BCUT2D eigenvalue weighted by atomic mass is 32.2. The van der Waals surface area contributed by atoms with E-state index in [1.165, 1.54) is 50.6 Å². The summed E-state index contributed by atoms with van der Waals surface area (Å²) < 4.78 is 55.1. The van der Waals surface area contributed by atoms with Gasteiger partial charge in [-0.25, -0.2) is 12.8 Å². The lowest BCUT2D eigenvalue weighted by Gasteiger charge is -2.16. The molecule has 3 aromatic rings. The lowest BCUT2D eigenvalue weighted by atomic mass is 10.2. The van der Waals surface area contributed by atoms with Crippen LogP contribution in [-0.4, -0.2) is 50.1 Å². The number of hydrogen-bond donors (Lipinski definition) is 2. The minimum absolute atomic E-state index is 0.122. The molecule has 33 heavy (non-hydrogen) atoms. The quantitative estimate of drug-likeness (QED) is 0.456. The maximum absolute atomic E-state index is 14.6. The number of H-pyrrole nitrogens is 1. The van der Waals surface area contributed by atoms with Gasteiger partial charge in [0.25, 0.3) is 5.91 Å². The molecule has 0 radical (unpaired) electrons. The lowest BCUT2D eigenvalue weighted by molar-refractivity contribution is 0.0915. The van der Waals surface area contributed by atoms with Crippen LogP contribution in [0.15, 0.2) is 53.6 Å². The van der Waals surface area contributed by atoms with E-state index < -0.39 is 21.6 Å². The molecule has 0 fully saturated rings. The average Bonchev–Trinajstić information content (AvgIpc) is 3.28. The van der Waals surface area contributed by atoms with Gasteiger partial charge in [0.15, 0.2) is 21.4 Å². The second-order valence-corrected chi connectivity index (χ2v) is 9.38. The summed E-state index contributed by atoms with van der Waals surface area (Å²) in [6, 6.07) is 9.40. The first-order chi connectivity index (χ1) is 15.7. The summed E-state index contributed by atoms with van der Waals surface area (Å²) in [7, 11) is -2.03. The number of nitrogens with zero attached hydrogens (tertiary/aromatic N) is 1. The molecule has 0 spiro atoms. The molecule has 1 amide bonds. The fourth-order valence-corrected chi connectivity index (χ4v) is 3.79. The van der Waals surface area contributed by atoms with Crippen LogP contribution in [0.25, 0.3) is 0 Å². The van der Waals surface area contributed by atoms with Gasteiger partial charge in [-0.2, -0.15) is 5.10 Å². The van der Waals surface area contributed by atoms with Crippen LogP contribution in [0.1, 0.15) is 24.2 Å². The summed E-state index contributed by atoms with van der Waals surface area (Å²) in [5.41, 5.74) is 0.187. The Labute approximate surface area is 190 Å². The van der Waals surface area contributed by atoms with Crippen molar-refractivity contribution in [3.8, 4) is 17.2 Å². The monoisotopic (exact) mass is 477 g/mol. The number of halogens is 1. The van der Waals surface area contributed by atoms with Crippen molar-refractivity contribution in [2.75, 3.05) is 24.8 Å². The molecule has 2 N–H and O–H groups in total. The maximum Gasteiger partial charge on any atom is 0.257 e. The van der Waals surface area contributed by atoms with Crippen molar-refractivity contribution < 1.29 is 31.8 Å². The molecule has 0 saturated carbocycles. The minimum atomic E-state index is -3.57. The van der Waals surface area contributed by atoms with Gasteiger partial charge in [-0.15, -0.1) is 0 Å². The first-order valence-electron chi connectivity index (χ1n) is 10.0. The van der Waals surface area contributed by atoms with E-state index in [0.717, 1.165) is 6.07 Å². The van der Waals surface area contributed by atoms with Crippen LogP contribution in [0.4, 0.5) is 10.2 Å². The summed E-state index contributed by atoms with van der Waals surface area (Å²) in [6.07, 6.45) is 1.16. The van der Waals surface area contributed by atoms with Crippen molar-refractivity contribution in [2.24, 2.45) is 0 Å². The van der Waals surface area contributed by atoms with Crippen molar-refractivity contribution in [3.05, 3.63) is 60.0 Å². The van der Waals surface area contributed by atoms with Crippen molar-refractivity contribution in [2.45, 2.75) is 24.8 Å². The zero-order chi connectivity index (χ0) is 24.0. The topological polar surface area (TPSA) is 120 Å². The molecule has 11 heteroatoms. The van der Waals surface area contributed by atoms with Crippen LogP contribution in [0, 0.1) is 5.82 Å². The molecule has 1 aromatic heterocycles. The Morgan fingerprint density at radius 1 is 1.18 bits per heavy atom. The number of carbonyl (C=O) groups is 1. The first-order valence-corrected chi connectivity index (χ1v) is 11.7. The molecule has 0 aliphatic carbocycles. The number of aromatic nitrogens is 2. The summed E-state index contributed by atoms with van der Waals surface area (Å²) >= 11 is 0. The Morgan fingerprint density at radius 2 is 1.94 bits per heavy atom. The summed E-state index contributed by atoms with van der Waals surface area (Å²) in [6.45, 7) is 3.57. The zero-order valence-corrected chi connectivity index (χ0v) is 19.1. The summed E-state index contributed by atoms with van der Waals surface area (Å²) in [5.74, 6) is -0.868. The second kappa shape index (κ2) is 10.5. The highest BCUT2D eigenvalue weighted by Crippen LogP contribution is 2.31. The van der Waals surface area contributed by atoms with Crippen LogP contribution in [0.3, 0.4) is 0 Å². The van der Waals surface area contributed by atoms with Gasteiger partial charge in [0.1, 0.15) is 23.4 Å². The molecule has 0 bridgehead atoms. The Balaban J connectivity index is 1.92. The molecule has 3 rings (SSSR count). The third kappa shape index (κ3) is 6.30. The van der Waals surface area contributed by atoms with Crippen LogP contribution >= 0.6 is 0 Å². The normalized spacial score (nSPS) is 12.2. The number of nitrogens with one attached hydrogen (secondary N) is 2. The first kappa shape index (κ1) is 24.2. The number of benzene rings is 2. The molecular formula is C22H24FN3O6S. The molecule has 0 aliphatic rings. The Kier molecular flexibility index (Phi) is 7.67. The Bertz CT molecular complexity index is 1210. The smallest absolute Gasteiger partial charge is 0.257 e. The minimum Gasteiger partial charge on any atom is -0.488 e. The van der Waals surface area contributed by atoms with Gasteiger partial charge in [-0.3, -0.25) is 9.89 Å². The lowest BCUT2D eigenvalue weighted by Crippen LogP contribution is -2.18. The van der Waals surface area contributed by atoms with Crippen LogP contribution in [0.5, 0.6) is 17.2 Å². The number of rotatable bonds is 10. The number of aromatic amines is 1. The second-order valence-electron chi connectivity index (χ2n) is 7.10. The molecule has 176 valence electrons. The molecular weight excluding hydrogens is 453 g/mol. The van der Waals surface area contributed by atoms with Crippen LogP contribution in [0.2, 0.25) is 0 Å². The highest BCUT2D eigenvalue weighted by Gasteiger charge is 2.17. The zero-order valence-electron chi connectivity index (χ0n) is 18.3. The number of amides is 1. The molecule has 1 unspecified atom stereocenters. The van der Waals surface area contributed by atoms with Gasteiger partial charge in [0.2, 0.25) is 0 Å². The molecule has 0 saturated heterocycles. The van der Waals surface area contributed by atoms with Gasteiger partial charge in [0, 0.05) is 24.8 Å². The SMILES string of the molecule is CCS(=O)(=O)c1ccc(Oc2cc(OC(C)COC)cc(C(=O)Nc3ccn[nH]3)c2)c(F)c1. The van der Waals surface area contributed by atoms with E-state index in [1.54, 1.807) is 13.0 Å². The molecule has 1 atom stereocenters. The van der Waals surface area contributed by atoms with E-state index in [9.17, 15) is 17.6 Å². The predicted octanol–water partition coefficient (Wildman–Crippen LogP) is 3.80. The van der Waals surface area contributed by atoms with E-state index in [-0.39, 0.29) is 33.8 Å². The van der Waals surface area contributed by atoms with Crippen molar-refractivity contribution in [3.63, 3.8) is 0 Å². The van der Waals surface area contributed by atoms with Gasteiger partial charge in [-0.05, 0) is 37.3 Å². The van der Waals surface area contributed by atoms with Crippen molar-refractivity contribution in [1.29, 1.82) is 0 Å². The highest BCUT2D eigenvalue weighted by molar-refractivity contribution is 7.91. The third-order valence-electron chi connectivity index (χ3n) is 4.50. The van der Waals surface area contributed by atoms with E-state index >= 15 is 0 Å². The van der Waals surface area contributed by atoms with E-state index in [4.69, 9.17) is 14.2 Å². The molecule has 9 nitrogen and oxygen atoms in total. The Hall–Kier alpha value is -3.44. The fraction of sp³-hybridized carbons (Fsp3) is 0.273. The average molecular weight is 478 g/mol. The maximum atomic E-state index is 14.6. The van der Waals surface area contributed by atoms with E-state index in [1.807, 2.05) is 0 Å². The summed E-state index contributed by atoms with van der Waals surface area (Å²) in [5, 5.41) is 9.04. The van der Waals surface area contributed by atoms with Gasteiger partial charge in [0.05, 0.1) is 23.5 Å².